The second-order valence-electron chi connectivity index (χ2n) is 7.78. The van der Waals surface area contributed by atoms with Crippen LogP contribution in [0.4, 0.5) is 14.6 Å². The summed E-state index contributed by atoms with van der Waals surface area (Å²) in [5, 5.41) is 0. The summed E-state index contributed by atoms with van der Waals surface area (Å²) in [5.74, 6) is 1.39. The quantitative estimate of drug-likeness (QED) is 0.828. The van der Waals surface area contributed by atoms with Gasteiger partial charge < -0.3 is 4.90 Å². The molecule has 1 aromatic heterocycles. The van der Waals surface area contributed by atoms with Gasteiger partial charge in [-0.3, -0.25) is 4.90 Å². The van der Waals surface area contributed by atoms with Crippen molar-refractivity contribution in [2.45, 2.75) is 37.8 Å². The minimum atomic E-state index is -0.496. The number of benzene rings is 1. The average molecular weight is 356 g/mol. The summed E-state index contributed by atoms with van der Waals surface area (Å²) in [5.41, 5.74) is 0.762. The average Bonchev–Trinajstić information content (AvgIpc) is 3.05. The van der Waals surface area contributed by atoms with Crippen molar-refractivity contribution < 1.29 is 8.78 Å². The number of anilines is 1. The Labute approximate surface area is 151 Å². The Hall–Kier alpha value is -2.08. The second kappa shape index (κ2) is 5.98. The van der Waals surface area contributed by atoms with Gasteiger partial charge in [-0.05, 0) is 62.5 Å². The van der Waals surface area contributed by atoms with Crippen molar-refractivity contribution >= 4 is 5.82 Å². The Morgan fingerprint density at radius 1 is 1.04 bits per heavy atom. The molecule has 6 heteroatoms. The molecule has 4 aliphatic heterocycles. The van der Waals surface area contributed by atoms with Gasteiger partial charge in [0, 0.05) is 36.8 Å². The van der Waals surface area contributed by atoms with Gasteiger partial charge in [0.1, 0.15) is 23.3 Å². The van der Waals surface area contributed by atoms with E-state index in [0.717, 1.165) is 42.9 Å². The molecule has 0 saturated carbocycles. The summed E-state index contributed by atoms with van der Waals surface area (Å²) in [7, 11) is 0. The predicted molar refractivity (Wildman–Crippen MR) is 95.1 cm³/mol. The lowest BCUT2D eigenvalue weighted by Crippen LogP contribution is -2.60. The van der Waals surface area contributed by atoms with Crippen LogP contribution < -0.4 is 4.90 Å². The SMILES string of the molecule is Cc1nccc(N2C[C@H](c3cc(F)cc(F)c3)[C@H]3[C@@H]2C2CCN3CC2)n1. The van der Waals surface area contributed by atoms with Gasteiger partial charge >= 0.3 is 0 Å². The zero-order valence-corrected chi connectivity index (χ0v) is 14.8. The Kier molecular flexibility index (Phi) is 3.71. The number of aryl methyl sites for hydroxylation is 1. The highest BCUT2D eigenvalue weighted by Crippen LogP contribution is 2.47. The zero-order valence-electron chi connectivity index (χ0n) is 14.8. The summed E-state index contributed by atoms with van der Waals surface area (Å²) in [6.07, 6.45) is 4.17. The fourth-order valence-corrected chi connectivity index (χ4v) is 5.37. The number of piperidine rings is 3. The van der Waals surface area contributed by atoms with E-state index >= 15 is 0 Å². The van der Waals surface area contributed by atoms with Crippen LogP contribution in [0.25, 0.3) is 0 Å². The van der Waals surface area contributed by atoms with Crippen LogP contribution in [0.2, 0.25) is 0 Å². The summed E-state index contributed by atoms with van der Waals surface area (Å²) < 4.78 is 27.8. The highest BCUT2D eigenvalue weighted by Gasteiger charge is 2.53. The monoisotopic (exact) mass is 356 g/mol. The van der Waals surface area contributed by atoms with E-state index in [-0.39, 0.29) is 5.92 Å². The fraction of sp³-hybridized carbons (Fsp3) is 0.500. The molecule has 5 heterocycles. The largest absolute Gasteiger partial charge is 0.351 e. The molecule has 4 nitrogen and oxygen atoms in total. The van der Waals surface area contributed by atoms with Crippen molar-refractivity contribution in [3.63, 3.8) is 0 Å². The lowest BCUT2D eigenvalue weighted by Gasteiger charge is -2.51. The third kappa shape index (κ3) is 2.50. The maximum Gasteiger partial charge on any atom is 0.132 e. The molecule has 0 amide bonds. The summed E-state index contributed by atoms with van der Waals surface area (Å²) in [4.78, 5) is 13.7. The van der Waals surface area contributed by atoms with Crippen molar-refractivity contribution in [2.24, 2.45) is 5.92 Å². The first-order chi connectivity index (χ1) is 12.6. The number of aromatic nitrogens is 2. The lowest BCUT2D eigenvalue weighted by molar-refractivity contribution is 0.0354. The Bertz CT molecular complexity index is 814. The van der Waals surface area contributed by atoms with E-state index < -0.39 is 11.6 Å². The smallest absolute Gasteiger partial charge is 0.132 e. The van der Waals surface area contributed by atoms with Gasteiger partial charge in [0.2, 0.25) is 0 Å². The summed E-state index contributed by atoms with van der Waals surface area (Å²) in [6.45, 7) is 4.79. The molecule has 4 fully saturated rings. The summed E-state index contributed by atoms with van der Waals surface area (Å²) in [6, 6.07) is 6.55. The standard InChI is InChI=1S/C20H22F2N4/c1-12-23-5-2-18(24-12)26-11-17(14-8-15(21)10-16(22)9-14)20-19(26)13-3-6-25(20)7-4-13/h2,5,8-10,13,17,19-20H,3-4,6-7,11H2,1H3/t17-,19+,20+/m1/s1. The van der Waals surface area contributed by atoms with Crippen molar-refractivity contribution in [1.29, 1.82) is 0 Å². The molecule has 0 spiro atoms. The Morgan fingerprint density at radius 2 is 1.77 bits per heavy atom. The third-order valence-electron chi connectivity index (χ3n) is 6.36. The molecular formula is C20H22F2N4. The zero-order chi connectivity index (χ0) is 17.8. The van der Waals surface area contributed by atoms with Crippen LogP contribution in [0.3, 0.4) is 0 Å². The van der Waals surface area contributed by atoms with Gasteiger partial charge in [-0.25, -0.2) is 18.7 Å². The van der Waals surface area contributed by atoms with Crippen LogP contribution in [0, 0.1) is 24.5 Å². The number of hydrogen-bond donors (Lipinski definition) is 0. The molecule has 136 valence electrons. The van der Waals surface area contributed by atoms with Gasteiger partial charge in [-0.2, -0.15) is 0 Å². The van der Waals surface area contributed by atoms with Crippen LogP contribution in [-0.2, 0) is 0 Å². The third-order valence-corrected chi connectivity index (χ3v) is 6.36. The van der Waals surface area contributed by atoms with E-state index in [1.807, 2.05) is 13.0 Å². The van der Waals surface area contributed by atoms with Gasteiger partial charge in [-0.1, -0.05) is 0 Å². The molecular weight excluding hydrogens is 334 g/mol. The second-order valence-corrected chi connectivity index (χ2v) is 7.78. The minimum Gasteiger partial charge on any atom is -0.351 e. The predicted octanol–water partition coefficient (Wildman–Crippen LogP) is 3.13. The van der Waals surface area contributed by atoms with Crippen molar-refractivity contribution in [2.75, 3.05) is 24.5 Å². The van der Waals surface area contributed by atoms with Crippen LogP contribution >= 0.6 is 0 Å². The molecule has 0 aliphatic carbocycles. The number of nitrogens with zero attached hydrogens (tertiary/aromatic N) is 4. The summed E-state index contributed by atoms with van der Waals surface area (Å²) >= 11 is 0. The van der Waals surface area contributed by atoms with Crippen LogP contribution in [-0.4, -0.2) is 46.6 Å². The Balaban J connectivity index is 1.58. The first-order valence-corrected chi connectivity index (χ1v) is 9.36. The van der Waals surface area contributed by atoms with E-state index in [9.17, 15) is 8.78 Å². The molecule has 1 aromatic carbocycles. The van der Waals surface area contributed by atoms with Crippen molar-refractivity contribution in [3.8, 4) is 0 Å². The van der Waals surface area contributed by atoms with E-state index in [0.29, 0.717) is 18.0 Å². The topological polar surface area (TPSA) is 32.3 Å². The molecule has 4 aliphatic rings. The molecule has 4 saturated heterocycles. The van der Waals surface area contributed by atoms with Crippen LogP contribution in [0.1, 0.15) is 30.1 Å². The lowest BCUT2D eigenvalue weighted by atomic mass is 9.75. The first-order valence-electron chi connectivity index (χ1n) is 9.36. The number of hydrogen-bond acceptors (Lipinski definition) is 4. The van der Waals surface area contributed by atoms with E-state index in [4.69, 9.17) is 0 Å². The van der Waals surface area contributed by atoms with E-state index in [1.54, 1.807) is 6.20 Å². The molecule has 0 radical (unpaired) electrons. The molecule has 2 aromatic rings. The van der Waals surface area contributed by atoms with Crippen LogP contribution in [0.15, 0.2) is 30.5 Å². The van der Waals surface area contributed by atoms with E-state index in [1.165, 1.54) is 25.0 Å². The molecule has 0 N–H and O–H groups in total. The van der Waals surface area contributed by atoms with Gasteiger partial charge in [0.25, 0.3) is 0 Å². The molecule has 6 rings (SSSR count). The number of fused-ring (bicyclic) bond motifs is 2. The maximum absolute atomic E-state index is 13.9. The van der Waals surface area contributed by atoms with Crippen molar-refractivity contribution in [1.82, 2.24) is 14.9 Å². The highest BCUT2D eigenvalue weighted by molar-refractivity contribution is 5.46. The van der Waals surface area contributed by atoms with E-state index in [2.05, 4.69) is 19.8 Å². The van der Waals surface area contributed by atoms with Gasteiger partial charge in [0.05, 0.1) is 0 Å². The number of rotatable bonds is 2. The van der Waals surface area contributed by atoms with Gasteiger partial charge in [0.15, 0.2) is 0 Å². The molecule has 2 bridgehead atoms. The number of halogens is 2. The molecule has 3 atom stereocenters. The maximum atomic E-state index is 13.9. The van der Waals surface area contributed by atoms with Crippen molar-refractivity contribution in [3.05, 3.63) is 53.5 Å². The highest BCUT2D eigenvalue weighted by atomic mass is 19.1. The molecule has 26 heavy (non-hydrogen) atoms. The Morgan fingerprint density at radius 3 is 2.46 bits per heavy atom. The fourth-order valence-electron chi connectivity index (χ4n) is 5.37. The van der Waals surface area contributed by atoms with Crippen LogP contribution in [0.5, 0.6) is 0 Å². The normalized spacial score (nSPS) is 32.7. The minimum absolute atomic E-state index is 0.0866. The molecule has 0 unspecified atom stereocenters. The van der Waals surface area contributed by atoms with Gasteiger partial charge in [-0.15, -0.1) is 0 Å². The first kappa shape index (κ1) is 16.1.